The number of rotatable bonds is 9. The molecule has 246 valence electrons. The zero-order chi connectivity index (χ0) is 34.2. The van der Waals surface area contributed by atoms with E-state index in [0.29, 0.717) is 0 Å². The SMILES string of the molecule is CC(C)(C)c1cccc(-n2c3ccccc3c3cc(CC(C)(CCC(C)(C)c4ccc(-c5ccccc5)nc4)c4cccnc4)ccc32)n1. The molecule has 0 radical (unpaired) electrons. The summed E-state index contributed by atoms with van der Waals surface area (Å²) in [6, 6.07) is 41.3. The molecule has 4 nitrogen and oxygen atoms in total. The molecule has 0 saturated carbocycles. The van der Waals surface area contributed by atoms with Gasteiger partial charge in [0.15, 0.2) is 0 Å². The molecular formula is C45H46N4. The first-order valence-corrected chi connectivity index (χ1v) is 17.4. The van der Waals surface area contributed by atoms with Crippen LogP contribution < -0.4 is 0 Å². The first-order chi connectivity index (χ1) is 23.5. The summed E-state index contributed by atoms with van der Waals surface area (Å²) >= 11 is 0. The highest BCUT2D eigenvalue weighted by Crippen LogP contribution is 2.40. The molecular weight excluding hydrogens is 597 g/mol. The van der Waals surface area contributed by atoms with Crippen LogP contribution in [0.2, 0.25) is 0 Å². The number of fused-ring (bicyclic) bond motifs is 3. The van der Waals surface area contributed by atoms with Crippen molar-refractivity contribution >= 4 is 21.8 Å². The molecule has 0 bridgehead atoms. The third kappa shape index (κ3) is 6.53. The van der Waals surface area contributed by atoms with Crippen molar-refractivity contribution in [1.29, 1.82) is 0 Å². The monoisotopic (exact) mass is 642 g/mol. The van der Waals surface area contributed by atoms with E-state index in [9.17, 15) is 0 Å². The lowest BCUT2D eigenvalue weighted by Crippen LogP contribution is -2.29. The molecule has 0 fully saturated rings. The Morgan fingerprint density at radius 2 is 1.39 bits per heavy atom. The van der Waals surface area contributed by atoms with Gasteiger partial charge in [0.25, 0.3) is 0 Å². The highest BCUT2D eigenvalue weighted by atomic mass is 15.1. The first kappa shape index (κ1) is 32.5. The van der Waals surface area contributed by atoms with E-state index in [-0.39, 0.29) is 16.2 Å². The van der Waals surface area contributed by atoms with Gasteiger partial charge in [-0.25, -0.2) is 4.98 Å². The summed E-state index contributed by atoms with van der Waals surface area (Å²) in [6.45, 7) is 13.8. The lowest BCUT2D eigenvalue weighted by Gasteiger charge is -2.35. The summed E-state index contributed by atoms with van der Waals surface area (Å²) in [6.07, 6.45) is 8.93. The molecule has 0 spiro atoms. The maximum Gasteiger partial charge on any atom is 0.137 e. The summed E-state index contributed by atoms with van der Waals surface area (Å²) in [7, 11) is 0. The van der Waals surface area contributed by atoms with Gasteiger partial charge in [-0.05, 0) is 89.2 Å². The first-order valence-electron chi connectivity index (χ1n) is 17.4. The third-order valence-electron chi connectivity index (χ3n) is 10.3. The van der Waals surface area contributed by atoms with Crippen molar-refractivity contribution in [3.8, 4) is 17.1 Å². The largest absolute Gasteiger partial charge is 0.294 e. The van der Waals surface area contributed by atoms with Crippen molar-refractivity contribution in [2.24, 2.45) is 0 Å². The molecule has 1 unspecified atom stereocenters. The Labute approximate surface area is 290 Å². The van der Waals surface area contributed by atoms with Gasteiger partial charge in [-0.1, -0.05) is 114 Å². The minimum atomic E-state index is -0.114. The number of aromatic nitrogens is 4. The normalized spacial score (nSPS) is 13.5. The predicted octanol–water partition coefficient (Wildman–Crippen LogP) is 11.2. The Kier molecular flexibility index (Phi) is 8.44. The molecule has 3 aromatic carbocycles. The maximum atomic E-state index is 5.15. The molecule has 0 aliphatic heterocycles. The summed E-state index contributed by atoms with van der Waals surface area (Å²) in [4.78, 5) is 14.6. The molecule has 4 heterocycles. The second-order valence-electron chi connectivity index (χ2n) is 15.5. The Hall–Kier alpha value is -5.09. The number of para-hydroxylation sites is 1. The summed E-state index contributed by atoms with van der Waals surface area (Å²) in [5.74, 6) is 0.958. The second kappa shape index (κ2) is 12.7. The van der Waals surface area contributed by atoms with Gasteiger partial charge < -0.3 is 0 Å². The van der Waals surface area contributed by atoms with Gasteiger partial charge in [0.2, 0.25) is 0 Å². The maximum absolute atomic E-state index is 5.15. The quantitative estimate of drug-likeness (QED) is 0.157. The molecule has 7 aromatic rings. The van der Waals surface area contributed by atoms with Crippen LogP contribution in [0.3, 0.4) is 0 Å². The topological polar surface area (TPSA) is 43.6 Å². The van der Waals surface area contributed by atoms with E-state index in [1.165, 1.54) is 38.5 Å². The number of pyridine rings is 3. The minimum absolute atomic E-state index is 0.0324. The smallest absolute Gasteiger partial charge is 0.137 e. The van der Waals surface area contributed by atoms with E-state index < -0.39 is 0 Å². The van der Waals surface area contributed by atoms with Crippen molar-refractivity contribution in [3.63, 3.8) is 0 Å². The van der Waals surface area contributed by atoms with Crippen LogP contribution in [0.4, 0.5) is 0 Å². The fraction of sp³-hybridized carbons (Fsp3) is 0.267. The zero-order valence-electron chi connectivity index (χ0n) is 29.6. The molecule has 0 saturated heterocycles. The van der Waals surface area contributed by atoms with Crippen LogP contribution >= 0.6 is 0 Å². The summed E-state index contributed by atoms with van der Waals surface area (Å²) in [5.41, 5.74) is 9.27. The van der Waals surface area contributed by atoms with Crippen LogP contribution in [-0.4, -0.2) is 19.5 Å². The fourth-order valence-electron chi connectivity index (χ4n) is 7.15. The molecule has 49 heavy (non-hydrogen) atoms. The second-order valence-corrected chi connectivity index (χ2v) is 15.5. The van der Waals surface area contributed by atoms with Gasteiger partial charge in [-0.2, -0.15) is 0 Å². The van der Waals surface area contributed by atoms with Crippen LogP contribution in [0.25, 0.3) is 38.9 Å². The van der Waals surface area contributed by atoms with Gasteiger partial charge in [-0.15, -0.1) is 0 Å². The van der Waals surface area contributed by atoms with Crippen LogP contribution in [0, 0.1) is 0 Å². The van der Waals surface area contributed by atoms with Crippen molar-refractivity contribution in [1.82, 2.24) is 19.5 Å². The van der Waals surface area contributed by atoms with Crippen molar-refractivity contribution in [2.75, 3.05) is 0 Å². The molecule has 0 aliphatic carbocycles. The average molecular weight is 643 g/mol. The van der Waals surface area contributed by atoms with Gasteiger partial charge in [-0.3, -0.25) is 14.5 Å². The van der Waals surface area contributed by atoms with Crippen molar-refractivity contribution in [2.45, 2.75) is 77.0 Å². The average Bonchev–Trinajstić information content (AvgIpc) is 3.45. The van der Waals surface area contributed by atoms with Crippen molar-refractivity contribution < 1.29 is 0 Å². The lowest BCUT2D eigenvalue weighted by atomic mass is 9.70. The molecule has 1 atom stereocenters. The van der Waals surface area contributed by atoms with Crippen LogP contribution in [0.5, 0.6) is 0 Å². The molecule has 0 N–H and O–H groups in total. The van der Waals surface area contributed by atoms with Gasteiger partial charge in [0, 0.05) is 46.0 Å². The van der Waals surface area contributed by atoms with Gasteiger partial charge in [0.05, 0.1) is 16.7 Å². The predicted molar refractivity (Wildman–Crippen MR) is 205 cm³/mol. The number of nitrogens with zero attached hydrogens (tertiary/aromatic N) is 4. The Balaban J connectivity index is 1.22. The Bertz CT molecular complexity index is 2210. The summed E-state index contributed by atoms with van der Waals surface area (Å²) in [5, 5.41) is 2.51. The fourth-order valence-corrected chi connectivity index (χ4v) is 7.15. The van der Waals surface area contributed by atoms with Crippen LogP contribution in [0.15, 0.2) is 134 Å². The van der Waals surface area contributed by atoms with Crippen molar-refractivity contribution in [3.05, 3.63) is 156 Å². The molecule has 4 aromatic heterocycles. The molecule has 0 aliphatic rings. The highest BCUT2D eigenvalue weighted by Gasteiger charge is 2.32. The van der Waals surface area contributed by atoms with E-state index in [0.717, 1.165) is 42.0 Å². The lowest BCUT2D eigenvalue weighted by molar-refractivity contribution is 0.350. The number of hydrogen-bond acceptors (Lipinski definition) is 3. The van der Waals surface area contributed by atoms with Crippen LogP contribution in [0.1, 0.15) is 76.8 Å². The Morgan fingerprint density at radius 1 is 0.612 bits per heavy atom. The molecule has 4 heteroatoms. The van der Waals surface area contributed by atoms with E-state index in [1.807, 2.05) is 12.3 Å². The van der Waals surface area contributed by atoms with Crippen LogP contribution in [-0.2, 0) is 22.7 Å². The third-order valence-corrected chi connectivity index (χ3v) is 10.3. The Morgan fingerprint density at radius 3 is 2.12 bits per heavy atom. The standard InChI is InChI=1S/C45H46N4/c1-43(2,3)41-19-12-20-42(48-41)49-39-18-11-10-17-36(39)37-28-32(21-24-40(37)49)29-45(6,35-16-13-27-46-30-35)26-25-44(4,5)34-22-23-38(47-31-34)33-14-8-7-9-15-33/h7-24,27-28,30-31H,25-26,29H2,1-6H3. The minimum Gasteiger partial charge on any atom is -0.294 e. The van der Waals surface area contributed by atoms with E-state index in [4.69, 9.17) is 9.97 Å². The number of hydrogen-bond donors (Lipinski definition) is 0. The van der Waals surface area contributed by atoms with E-state index in [1.54, 1.807) is 0 Å². The summed E-state index contributed by atoms with van der Waals surface area (Å²) < 4.78 is 2.32. The zero-order valence-corrected chi connectivity index (χ0v) is 29.6. The van der Waals surface area contributed by atoms with Gasteiger partial charge >= 0.3 is 0 Å². The van der Waals surface area contributed by atoms with E-state index >= 15 is 0 Å². The van der Waals surface area contributed by atoms with Gasteiger partial charge in [0.1, 0.15) is 5.82 Å². The molecule has 7 rings (SSSR count). The highest BCUT2D eigenvalue weighted by molar-refractivity contribution is 6.09. The number of benzene rings is 3. The molecule has 0 amide bonds. The van der Waals surface area contributed by atoms with E-state index in [2.05, 4.69) is 173 Å².